The summed E-state index contributed by atoms with van der Waals surface area (Å²) >= 11 is 0. The number of hydrogen-bond acceptors (Lipinski definition) is 5. The van der Waals surface area contributed by atoms with E-state index >= 15 is 0 Å². The van der Waals surface area contributed by atoms with E-state index in [1.165, 1.54) is 25.6 Å². The van der Waals surface area contributed by atoms with Crippen molar-refractivity contribution in [2.24, 2.45) is 0 Å². The zero-order chi connectivity index (χ0) is 21.9. The van der Waals surface area contributed by atoms with Crippen molar-refractivity contribution in [2.45, 2.75) is 58.9 Å². The average molecular weight is 419 g/mol. The maximum absolute atomic E-state index is 13.3. The van der Waals surface area contributed by atoms with E-state index in [0.717, 1.165) is 24.0 Å². The molecule has 0 atom stereocenters. The Balaban J connectivity index is 2.68. The van der Waals surface area contributed by atoms with Gasteiger partial charge in [0.1, 0.15) is 5.56 Å². The molecule has 1 aromatic carbocycles. The van der Waals surface area contributed by atoms with Gasteiger partial charge in [0.2, 0.25) is 5.88 Å². The lowest BCUT2D eigenvalue weighted by molar-refractivity contribution is 0.103. The number of nitrogens with zero attached hydrogens (tertiary/aromatic N) is 2. The Labute approximate surface area is 173 Å². The van der Waals surface area contributed by atoms with Gasteiger partial charge in [0.05, 0.1) is 18.2 Å². The maximum Gasteiger partial charge on any atom is 0.223 e. The summed E-state index contributed by atoms with van der Waals surface area (Å²) in [6.07, 6.45) is 4.64. The molecule has 1 heterocycles. The lowest BCUT2D eigenvalue weighted by atomic mass is 9.91. The van der Waals surface area contributed by atoms with E-state index in [9.17, 15) is 13.2 Å². The van der Waals surface area contributed by atoms with Gasteiger partial charge in [0.15, 0.2) is 15.6 Å². The van der Waals surface area contributed by atoms with Crippen molar-refractivity contribution in [3.8, 4) is 5.88 Å². The number of ketones is 1. The van der Waals surface area contributed by atoms with E-state index in [1.807, 2.05) is 20.8 Å². The fourth-order valence-corrected chi connectivity index (χ4v) is 4.31. The lowest BCUT2D eigenvalue weighted by Gasteiger charge is -2.17. The minimum Gasteiger partial charge on any atom is -0.481 e. The SMILES string of the molecule is CCCCn1ncc(C(=O)c2ccc(S(C)(=O)=O)c(C(C)=C(C)C)c2C)c1OC. The number of carbonyl (C=O) groups is 1. The number of allylic oxidation sites excluding steroid dienone is 2. The van der Waals surface area contributed by atoms with Gasteiger partial charge in [-0.25, -0.2) is 13.1 Å². The molecule has 1 aromatic heterocycles. The smallest absolute Gasteiger partial charge is 0.223 e. The number of carbonyl (C=O) groups excluding carboxylic acids is 1. The quantitative estimate of drug-likeness (QED) is 0.592. The third kappa shape index (κ3) is 4.61. The molecule has 0 saturated heterocycles. The Morgan fingerprint density at radius 2 is 1.83 bits per heavy atom. The molecule has 29 heavy (non-hydrogen) atoms. The Bertz CT molecular complexity index is 1060. The largest absolute Gasteiger partial charge is 0.481 e. The minimum atomic E-state index is -3.45. The van der Waals surface area contributed by atoms with Crippen LogP contribution in [-0.4, -0.2) is 37.3 Å². The number of aromatic nitrogens is 2. The van der Waals surface area contributed by atoms with E-state index < -0.39 is 9.84 Å². The molecule has 7 heteroatoms. The van der Waals surface area contributed by atoms with Gasteiger partial charge in [-0.2, -0.15) is 5.10 Å². The predicted molar refractivity (Wildman–Crippen MR) is 115 cm³/mol. The molecule has 2 aromatic rings. The van der Waals surface area contributed by atoms with E-state index in [1.54, 1.807) is 17.7 Å². The van der Waals surface area contributed by atoms with Crippen LogP contribution in [0.5, 0.6) is 5.88 Å². The molecule has 0 bridgehead atoms. The minimum absolute atomic E-state index is 0.232. The van der Waals surface area contributed by atoms with Crippen LogP contribution in [0.15, 0.2) is 28.8 Å². The number of ether oxygens (including phenoxy) is 1. The summed E-state index contributed by atoms with van der Waals surface area (Å²) in [6, 6.07) is 3.10. The zero-order valence-corrected chi connectivity index (χ0v) is 19.1. The number of methoxy groups -OCH3 is 1. The molecular formula is C22H30N2O4S. The zero-order valence-electron chi connectivity index (χ0n) is 18.3. The molecule has 0 radical (unpaired) electrons. The van der Waals surface area contributed by atoms with Crippen molar-refractivity contribution in [1.29, 1.82) is 0 Å². The van der Waals surface area contributed by atoms with Gasteiger partial charge >= 0.3 is 0 Å². The predicted octanol–water partition coefficient (Wildman–Crippen LogP) is 4.45. The first-order chi connectivity index (χ1) is 13.5. The second-order valence-corrected chi connectivity index (χ2v) is 9.47. The summed E-state index contributed by atoms with van der Waals surface area (Å²) in [6.45, 7) is 10.3. The first-order valence-corrected chi connectivity index (χ1v) is 11.6. The van der Waals surface area contributed by atoms with Crippen molar-refractivity contribution < 1.29 is 17.9 Å². The molecule has 0 aliphatic carbocycles. The summed E-state index contributed by atoms with van der Waals surface area (Å²) in [5.41, 5.74) is 3.90. The Morgan fingerprint density at radius 3 is 2.34 bits per heavy atom. The molecule has 2 rings (SSSR count). The average Bonchev–Trinajstić information content (AvgIpc) is 3.06. The summed E-state index contributed by atoms with van der Waals surface area (Å²) in [4.78, 5) is 13.6. The van der Waals surface area contributed by atoms with Crippen molar-refractivity contribution in [3.05, 3.63) is 46.2 Å². The first kappa shape index (κ1) is 22.9. The van der Waals surface area contributed by atoms with Crippen molar-refractivity contribution >= 4 is 21.2 Å². The van der Waals surface area contributed by atoms with Crippen molar-refractivity contribution in [2.75, 3.05) is 13.4 Å². The Kier molecular flexibility index (Phi) is 7.06. The van der Waals surface area contributed by atoms with Crippen molar-refractivity contribution in [1.82, 2.24) is 9.78 Å². The summed E-state index contributed by atoms with van der Waals surface area (Å²) < 4.78 is 31.9. The van der Waals surface area contributed by atoms with Gasteiger partial charge in [0, 0.05) is 18.4 Å². The number of benzene rings is 1. The number of rotatable bonds is 8. The van der Waals surface area contributed by atoms with E-state index in [2.05, 4.69) is 12.0 Å². The molecule has 0 N–H and O–H groups in total. The molecular weight excluding hydrogens is 388 g/mol. The monoisotopic (exact) mass is 418 g/mol. The van der Waals surface area contributed by atoms with Gasteiger partial charge in [-0.05, 0) is 62.9 Å². The van der Waals surface area contributed by atoms with Gasteiger partial charge in [-0.15, -0.1) is 0 Å². The molecule has 0 amide bonds. The third-order valence-electron chi connectivity index (χ3n) is 5.15. The highest BCUT2D eigenvalue weighted by Gasteiger charge is 2.25. The van der Waals surface area contributed by atoms with Crippen LogP contribution < -0.4 is 4.74 Å². The van der Waals surface area contributed by atoms with Gasteiger partial charge in [0.25, 0.3) is 0 Å². The van der Waals surface area contributed by atoms with Crippen LogP contribution in [0.3, 0.4) is 0 Å². The van der Waals surface area contributed by atoms with Crippen LogP contribution in [0.1, 0.15) is 67.6 Å². The Hall–Kier alpha value is -2.41. The summed E-state index contributed by atoms with van der Waals surface area (Å²) in [7, 11) is -1.92. The maximum atomic E-state index is 13.3. The lowest BCUT2D eigenvalue weighted by Crippen LogP contribution is -2.11. The second kappa shape index (κ2) is 8.95. The fourth-order valence-electron chi connectivity index (χ4n) is 3.32. The van der Waals surface area contributed by atoms with Gasteiger partial charge in [-0.3, -0.25) is 4.79 Å². The van der Waals surface area contributed by atoms with Crippen LogP contribution in [0.4, 0.5) is 0 Å². The summed E-state index contributed by atoms with van der Waals surface area (Å²) in [5, 5.41) is 4.31. The van der Waals surface area contributed by atoms with E-state index in [0.29, 0.717) is 34.7 Å². The fraction of sp³-hybridized carbons (Fsp3) is 0.455. The van der Waals surface area contributed by atoms with Crippen LogP contribution in [-0.2, 0) is 16.4 Å². The van der Waals surface area contributed by atoms with Crippen LogP contribution in [0.2, 0.25) is 0 Å². The number of aryl methyl sites for hydroxylation is 1. The second-order valence-electron chi connectivity index (χ2n) is 7.48. The van der Waals surface area contributed by atoms with E-state index in [-0.39, 0.29) is 10.7 Å². The Morgan fingerprint density at radius 1 is 1.17 bits per heavy atom. The van der Waals surface area contributed by atoms with Crippen molar-refractivity contribution in [3.63, 3.8) is 0 Å². The summed E-state index contributed by atoms with van der Waals surface area (Å²) in [5.74, 6) is 0.195. The number of unbranched alkanes of at least 4 members (excludes halogenated alkanes) is 1. The number of hydrogen-bond donors (Lipinski definition) is 0. The highest BCUT2D eigenvalue weighted by atomic mass is 32.2. The van der Waals surface area contributed by atoms with Crippen LogP contribution >= 0.6 is 0 Å². The van der Waals surface area contributed by atoms with Crippen LogP contribution in [0, 0.1) is 6.92 Å². The van der Waals surface area contributed by atoms with Gasteiger partial charge < -0.3 is 4.74 Å². The van der Waals surface area contributed by atoms with E-state index in [4.69, 9.17) is 4.74 Å². The topological polar surface area (TPSA) is 78.3 Å². The number of sulfone groups is 1. The normalized spacial score (nSPS) is 11.4. The highest BCUT2D eigenvalue weighted by molar-refractivity contribution is 7.90. The molecule has 0 spiro atoms. The van der Waals surface area contributed by atoms with Gasteiger partial charge in [-0.1, -0.05) is 18.9 Å². The van der Waals surface area contributed by atoms with Crippen LogP contribution in [0.25, 0.3) is 5.57 Å². The molecule has 0 fully saturated rings. The molecule has 0 saturated carbocycles. The molecule has 158 valence electrons. The third-order valence-corrected chi connectivity index (χ3v) is 6.29. The highest BCUT2D eigenvalue weighted by Crippen LogP contribution is 2.33. The molecule has 0 aliphatic rings. The first-order valence-electron chi connectivity index (χ1n) is 9.67. The molecule has 0 unspecified atom stereocenters. The standard InChI is InChI=1S/C22H30N2O4S/c1-8-9-12-24-22(28-6)18(13-23-24)21(25)17-10-11-19(29(7,26)27)20(16(17)5)15(4)14(2)3/h10-11,13H,8-9,12H2,1-7H3. The molecule has 6 nitrogen and oxygen atoms in total. The molecule has 0 aliphatic heterocycles.